The van der Waals surface area contributed by atoms with E-state index in [1.807, 2.05) is 13.8 Å². The minimum absolute atomic E-state index is 0.362. The molecule has 0 bridgehead atoms. The zero-order chi connectivity index (χ0) is 12.9. The Balaban J connectivity index is 2.75. The maximum atomic E-state index is 9.87. The minimum atomic E-state index is -0.789. The van der Waals surface area contributed by atoms with Crippen molar-refractivity contribution >= 4 is 11.5 Å². The second-order valence-corrected chi connectivity index (χ2v) is 4.08. The molecule has 0 saturated carbocycles. The molecule has 0 saturated heterocycles. The SMILES string of the molecule is CCOc1ncnc(NCC(C)(O)CC)c1N. The fourth-order valence-electron chi connectivity index (χ4n) is 1.17. The first-order chi connectivity index (χ1) is 8.00. The van der Waals surface area contributed by atoms with E-state index in [-0.39, 0.29) is 0 Å². The van der Waals surface area contributed by atoms with E-state index < -0.39 is 5.60 Å². The zero-order valence-corrected chi connectivity index (χ0v) is 10.5. The van der Waals surface area contributed by atoms with Gasteiger partial charge in [0.1, 0.15) is 12.0 Å². The van der Waals surface area contributed by atoms with Crippen molar-refractivity contribution in [2.75, 3.05) is 24.2 Å². The number of ether oxygens (including phenoxy) is 1. The van der Waals surface area contributed by atoms with Crippen molar-refractivity contribution in [2.24, 2.45) is 0 Å². The Morgan fingerprint density at radius 1 is 1.47 bits per heavy atom. The molecular weight excluding hydrogens is 220 g/mol. The van der Waals surface area contributed by atoms with Crippen LogP contribution in [0.4, 0.5) is 11.5 Å². The molecule has 17 heavy (non-hydrogen) atoms. The third-order valence-corrected chi connectivity index (χ3v) is 2.53. The molecule has 0 aromatic carbocycles. The number of aliphatic hydroxyl groups is 1. The number of aromatic nitrogens is 2. The van der Waals surface area contributed by atoms with Gasteiger partial charge in [0.2, 0.25) is 5.88 Å². The molecule has 0 aliphatic rings. The van der Waals surface area contributed by atoms with Crippen LogP contribution in [0.5, 0.6) is 5.88 Å². The van der Waals surface area contributed by atoms with Crippen molar-refractivity contribution in [2.45, 2.75) is 32.8 Å². The van der Waals surface area contributed by atoms with E-state index in [1.165, 1.54) is 6.33 Å². The Kier molecular flexibility index (Phi) is 4.51. The number of nitrogens with two attached hydrogens (primary N) is 1. The Morgan fingerprint density at radius 2 is 2.18 bits per heavy atom. The Hall–Kier alpha value is -1.56. The summed E-state index contributed by atoms with van der Waals surface area (Å²) in [6.07, 6.45) is 2.02. The average molecular weight is 240 g/mol. The van der Waals surface area contributed by atoms with Crippen molar-refractivity contribution in [3.8, 4) is 5.88 Å². The third-order valence-electron chi connectivity index (χ3n) is 2.53. The van der Waals surface area contributed by atoms with Crippen LogP contribution < -0.4 is 15.8 Å². The van der Waals surface area contributed by atoms with Gasteiger partial charge >= 0.3 is 0 Å². The standard InChI is InChI=1S/C11H20N4O2/c1-4-11(3,16)6-13-9-8(12)10(17-5-2)15-7-14-9/h7,16H,4-6,12H2,1-3H3,(H,13,14,15). The fraction of sp³-hybridized carbons (Fsp3) is 0.636. The molecule has 0 spiro atoms. The van der Waals surface area contributed by atoms with Gasteiger partial charge in [-0.1, -0.05) is 6.92 Å². The number of nitrogens with zero attached hydrogens (tertiary/aromatic N) is 2. The lowest BCUT2D eigenvalue weighted by molar-refractivity contribution is 0.0696. The Labute approximate surface area is 101 Å². The molecule has 1 aromatic heterocycles. The average Bonchev–Trinajstić information content (AvgIpc) is 2.31. The predicted octanol–water partition coefficient (Wildman–Crippen LogP) is 1.03. The summed E-state index contributed by atoms with van der Waals surface area (Å²) in [7, 11) is 0. The topological polar surface area (TPSA) is 93.3 Å². The molecule has 4 N–H and O–H groups in total. The Bertz CT molecular complexity index is 368. The van der Waals surface area contributed by atoms with Crippen molar-refractivity contribution in [3.63, 3.8) is 0 Å². The van der Waals surface area contributed by atoms with E-state index in [2.05, 4.69) is 15.3 Å². The second-order valence-electron chi connectivity index (χ2n) is 4.08. The molecular formula is C11H20N4O2. The maximum absolute atomic E-state index is 9.87. The lowest BCUT2D eigenvalue weighted by Gasteiger charge is -2.22. The van der Waals surface area contributed by atoms with E-state index in [0.717, 1.165) is 0 Å². The van der Waals surface area contributed by atoms with Crippen molar-refractivity contribution in [1.29, 1.82) is 0 Å². The van der Waals surface area contributed by atoms with Gasteiger partial charge in [0.05, 0.1) is 12.2 Å². The molecule has 0 aliphatic heterocycles. The van der Waals surface area contributed by atoms with Gasteiger partial charge in [-0.15, -0.1) is 0 Å². The van der Waals surface area contributed by atoms with Gasteiger partial charge in [-0.05, 0) is 20.3 Å². The van der Waals surface area contributed by atoms with Crippen LogP contribution in [0.2, 0.25) is 0 Å². The Morgan fingerprint density at radius 3 is 2.76 bits per heavy atom. The lowest BCUT2D eigenvalue weighted by atomic mass is 10.0. The van der Waals surface area contributed by atoms with Crippen LogP contribution in [-0.2, 0) is 0 Å². The molecule has 1 unspecified atom stereocenters. The molecule has 1 atom stereocenters. The normalized spacial score (nSPS) is 14.1. The number of hydrogen-bond donors (Lipinski definition) is 3. The van der Waals surface area contributed by atoms with E-state index in [9.17, 15) is 5.11 Å². The van der Waals surface area contributed by atoms with Crippen LogP contribution in [0.25, 0.3) is 0 Å². The highest BCUT2D eigenvalue weighted by Gasteiger charge is 2.18. The van der Waals surface area contributed by atoms with E-state index in [0.29, 0.717) is 37.0 Å². The van der Waals surface area contributed by atoms with E-state index in [4.69, 9.17) is 10.5 Å². The molecule has 0 aliphatic carbocycles. The fourth-order valence-corrected chi connectivity index (χ4v) is 1.17. The van der Waals surface area contributed by atoms with Crippen LogP contribution in [0.1, 0.15) is 27.2 Å². The van der Waals surface area contributed by atoms with Crippen LogP contribution >= 0.6 is 0 Å². The van der Waals surface area contributed by atoms with E-state index in [1.54, 1.807) is 6.92 Å². The quantitative estimate of drug-likeness (QED) is 0.687. The summed E-state index contributed by atoms with van der Waals surface area (Å²) in [5, 5.41) is 12.9. The first kappa shape index (κ1) is 13.5. The maximum Gasteiger partial charge on any atom is 0.242 e. The number of nitrogens with one attached hydrogen (secondary N) is 1. The minimum Gasteiger partial charge on any atom is -0.476 e. The lowest BCUT2D eigenvalue weighted by Crippen LogP contribution is -2.32. The summed E-state index contributed by atoms with van der Waals surface area (Å²) in [4.78, 5) is 7.95. The van der Waals surface area contributed by atoms with Crippen LogP contribution in [0.15, 0.2) is 6.33 Å². The van der Waals surface area contributed by atoms with Crippen molar-refractivity contribution < 1.29 is 9.84 Å². The molecule has 0 radical (unpaired) electrons. The predicted molar refractivity (Wildman–Crippen MR) is 67.0 cm³/mol. The monoisotopic (exact) mass is 240 g/mol. The summed E-state index contributed by atoms with van der Waals surface area (Å²) >= 11 is 0. The molecule has 1 heterocycles. The van der Waals surface area contributed by atoms with Gasteiger partial charge in [0, 0.05) is 6.54 Å². The molecule has 0 amide bonds. The number of anilines is 2. The van der Waals surface area contributed by atoms with E-state index >= 15 is 0 Å². The summed E-state index contributed by atoms with van der Waals surface area (Å²) < 4.78 is 5.26. The van der Waals surface area contributed by atoms with Crippen molar-refractivity contribution in [1.82, 2.24) is 9.97 Å². The van der Waals surface area contributed by atoms with Gasteiger partial charge in [0.15, 0.2) is 5.82 Å². The van der Waals surface area contributed by atoms with Gasteiger partial charge in [-0.3, -0.25) is 0 Å². The number of rotatable bonds is 6. The van der Waals surface area contributed by atoms with Crippen molar-refractivity contribution in [3.05, 3.63) is 6.33 Å². The zero-order valence-electron chi connectivity index (χ0n) is 10.5. The third kappa shape index (κ3) is 3.74. The number of nitrogen functional groups attached to an aromatic ring is 1. The molecule has 96 valence electrons. The summed E-state index contributed by atoms with van der Waals surface area (Å²) in [6, 6.07) is 0. The van der Waals surface area contributed by atoms with Crippen LogP contribution in [0, 0.1) is 0 Å². The van der Waals surface area contributed by atoms with Gasteiger partial charge in [0.25, 0.3) is 0 Å². The first-order valence-electron chi connectivity index (χ1n) is 5.69. The highest BCUT2D eigenvalue weighted by atomic mass is 16.5. The summed E-state index contributed by atoms with van der Waals surface area (Å²) in [5.41, 5.74) is 5.42. The second kappa shape index (κ2) is 5.67. The van der Waals surface area contributed by atoms with Crippen LogP contribution in [-0.4, -0.2) is 33.8 Å². The van der Waals surface area contributed by atoms with Gasteiger partial charge < -0.3 is 20.9 Å². The molecule has 1 rings (SSSR count). The molecule has 0 fully saturated rings. The largest absolute Gasteiger partial charge is 0.476 e. The molecule has 1 aromatic rings. The van der Waals surface area contributed by atoms with Crippen LogP contribution in [0.3, 0.4) is 0 Å². The molecule has 6 nitrogen and oxygen atoms in total. The first-order valence-corrected chi connectivity index (χ1v) is 5.69. The molecule has 6 heteroatoms. The summed E-state index contributed by atoms with van der Waals surface area (Å²) in [5.74, 6) is 0.846. The summed E-state index contributed by atoms with van der Waals surface area (Å²) in [6.45, 7) is 6.39. The highest BCUT2D eigenvalue weighted by molar-refractivity contribution is 5.66. The van der Waals surface area contributed by atoms with Gasteiger partial charge in [-0.25, -0.2) is 4.98 Å². The van der Waals surface area contributed by atoms with Gasteiger partial charge in [-0.2, -0.15) is 4.98 Å². The smallest absolute Gasteiger partial charge is 0.242 e. The highest BCUT2D eigenvalue weighted by Crippen LogP contribution is 2.25. The number of hydrogen-bond acceptors (Lipinski definition) is 6.